The van der Waals surface area contributed by atoms with E-state index in [-0.39, 0.29) is 0 Å². The van der Waals surface area contributed by atoms with Crippen molar-refractivity contribution in [1.82, 2.24) is 14.9 Å². The van der Waals surface area contributed by atoms with Crippen LogP contribution in [0.3, 0.4) is 0 Å². The van der Waals surface area contributed by atoms with E-state index in [1.165, 1.54) is 56.6 Å². The summed E-state index contributed by atoms with van der Waals surface area (Å²) in [5.74, 6) is 0.520. The van der Waals surface area contributed by atoms with Crippen molar-refractivity contribution >= 4 is 5.69 Å². The van der Waals surface area contributed by atoms with E-state index in [0.717, 1.165) is 18.8 Å². The first kappa shape index (κ1) is 15.6. The number of para-hydroxylation sites is 1. The average molecular weight is 322 g/mol. The van der Waals surface area contributed by atoms with Crippen LogP contribution in [0, 0.1) is 0 Å². The van der Waals surface area contributed by atoms with Gasteiger partial charge in [-0.25, -0.2) is 0 Å². The molecule has 3 heterocycles. The summed E-state index contributed by atoms with van der Waals surface area (Å²) in [6.45, 7) is 5.74. The van der Waals surface area contributed by atoms with Gasteiger partial charge in [0.2, 0.25) is 0 Å². The highest BCUT2D eigenvalue weighted by atomic mass is 15.2. The second kappa shape index (κ2) is 7.31. The fraction of sp³-hybridized carbons (Fsp3) is 0.500. The van der Waals surface area contributed by atoms with E-state index in [4.69, 9.17) is 0 Å². The molecule has 2 aliphatic heterocycles. The predicted molar refractivity (Wildman–Crippen MR) is 97.2 cm³/mol. The fourth-order valence-corrected chi connectivity index (χ4v) is 4.11. The molecule has 2 saturated heterocycles. The Morgan fingerprint density at radius 2 is 1.88 bits per heavy atom. The molecular weight excluding hydrogens is 296 g/mol. The second-order valence-corrected chi connectivity index (χ2v) is 7.03. The van der Waals surface area contributed by atoms with E-state index in [2.05, 4.69) is 44.0 Å². The Morgan fingerprint density at radius 3 is 2.71 bits per heavy atom. The van der Waals surface area contributed by atoms with Gasteiger partial charge in [0.1, 0.15) is 0 Å². The van der Waals surface area contributed by atoms with Crippen LogP contribution in [0.2, 0.25) is 0 Å². The van der Waals surface area contributed by atoms with Gasteiger partial charge < -0.3 is 4.90 Å². The molecule has 4 nitrogen and oxygen atoms in total. The van der Waals surface area contributed by atoms with Crippen LogP contribution >= 0.6 is 0 Å². The maximum absolute atomic E-state index is 4.53. The van der Waals surface area contributed by atoms with Gasteiger partial charge in [0, 0.05) is 56.4 Å². The Labute approximate surface area is 144 Å². The van der Waals surface area contributed by atoms with Gasteiger partial charge in [0.05, 0.1) is 5.69 Å². The van der Waals surface area contributed by atoms with Crippen LogP contribution in [0.25, 0.3) is 0 Å². The average Bonchev–Trinajstić information content (AvgIpc) is 3.18. The number of piperidine rings is 1. The second-order valence-electron chi connectivity index (χ2n) is 7.03. The number of anilines is 1. The van der Waals surface area contributed by atoms with Crippen LogP contribution < -0.4 is 4.90 Å². The summed E-state index contributed by atoms with van der Waals surface area (Å²) in [5, 5.41) is 0. The van der Waals surface area contributed by atoms with Crippen LogP contribution in [0.5, 0.6) is 0 Å². The number of likely N-dealkylation sites (tertiary alicyclic amines) is 1. The van der Waals surface area contributed by atoms with E-state index in [9.17, 15) is 0 Å². The molecule has 4 heteroatoms. The monoisotopic (exact) mass is 322 g/mol. The van der Waals surface area contributed by atoms with Gasteiger partial charge in [-0.3, -0.25) is 14.9 Å². The van der Waals surface area contributed by atoms with Gasteiger partial charge in [0.25, 0.3) is 0 Å². The van der Waals surface area contributed by atoms with Gasteiger partial charge in [-0.05, 0) is 43.9 Å². The minimum Gasteiger partial charge on any atom is -0.371 e. The largest absolute Gasteiger partial charge is 0.371 e. The molecule has 1 atom stereocenters. The lowest BCUT2D eigenvalue weighted by Gasteiger charge is -2.33. The first-order chi connectivity index (χ1) is 11.9. The Kier molecular flexibility index (Phi) is 4.74. The standard InChI is InChI=1S/C20H26N4/c1-2-8-20(24-12-3-4-13-24)18(6-1)16-23-11-5-7-17(15-23)19-14-21-9-10-22-19/h1-2,6,8-10,14,17H,3-5,7,11-13,15-16H2/t17-/m1/s1. The number of hydrogen-bond donors (Lipinski definition) is 0. The van der Waals surface area contributed by atoms with Gasteiger partial charge in [-0.15, -0.1) is 0 Å². The summed E-state index contributed by atoms with van der Waals surface area (Å²) in [6, 6.07) is 8.96. The van der Waals surface area contributed by atoms with Crippen molar-refractivity contribution in [3.05, 3.63) is 54.1 Å². The molecule has 2 aromatic rings. The number of rotatable bonds is 4. The number of nitrogens with zero attached hydrogens (tertiary/aromatic N) is 4. The van der Waals surface area contributed by atoms with Gasteiger partial charge >= 0.3 is 0 Å². The minimum atomic E-state index is 0.520. The Hall–Kier alpha value is -1.94. The fourth-order valence-electron chi connectivity index (χ4n) is 4.11. The van der Waals surface area contributed by atoms with Gasteiger partial charge in [-0.2, -0.15) is 0 Å². The molecule has 0 spiro atoms. The van der Waals surface area contributed by atoms with Crippen LogP contribution in [0.1, 0.15) is 42.9 Å². The van der Waals surface area contributed by atoms with Gasteiger partial charge in [0.15, 0.2) is 0 Å². The maximum atomic E-state index is 4.53. The Morgan fingerprint density at radius 1 is 1.00 bits per heavy atom. The molecule has 0 bridgehead atoms. The Bertz CT molecular complexity index is 652. The first-order valence-corrected chi connectivity index (χ1v) is 9.21. The summed E-state index contributed by atoms with van der Waals surface area (Å²) in [7, 11) is 0. The zero-order valence-corrected chi connectivity index (χ0v) is 14.3. The van der Waals surface area contributed by atoms with E-state index >= 15 is 0 Å². The molecule has 1 aromatic heterocycles. The molecule has 126 valence electrons. The van der Waals surface area contributed by atoms with E-state index in [1.807, 2.05) is 12.4 Å². The predicted octanol–water partition coefficient (Wildman–Crippen LogP) is 3.46. The summed E-state index contributed by atoms with van der Waals surface area (Å²) < 4.78 is 0. The van der Waals surface area contributed by atoms with Crippen molar-refractivity contribution in [2.75, 3.05) is 31.1 Å². The summed E-state index contributed by atoms with van der Waals surface area (Å²) >= 11 is 0. The molecular formula is C20H26N4. The lowest BCUT2D eigenvalue weighted by molar-refractivity contribution is 0.198. The highest BCUT2D eigenvalue weighted by molar-refractivity contribution is 5.54. The molecule has 2 fully saturated rings. The quantitative estimate of drug-likeness (QED) is 0.863. The smallest absolute Gasteiger partial charge is 0.0630 e. The molecule has 1 aromatic carbocycles. The third-order valence-corrected chi connectivity index (χ3v) is 5.34. The summed E-state index contributed by atoms with van der Waals surface area (Å²) in [5.41, 5.74) is 4.06. The summed E-state index contributed by atoms with van der Waals surface area (Å²) in [4.78, 5) is 13.9. The number of aromatic nitrogens is 2. The normalized spacial score (nSPS) is 22.0. The van der Waals surface area contributed by atoms with Crippen LogP contribution in [0.15, 0.2) is 42.9 Å². The van der Waals surface area contributed by atoms with E-state index in [1.54, 1.807) is 6.20 Å². The van der Waals surface area contributed by atoms with Crippen LogP contribution in [-0.2, 0) is 6.54 Å². The highest BCUT2D eigenvalue weighted by Crippen LogP contribution is 2.29. The molecule has 0 N–H and O–H groups in total. The van der Waals surface area contributed by atoms with Crippen molar-refractivity contribution in [3.63, 3.8) is 0 Å². The number of benzene rings is 1. The van der Waals surface area contributed by atoms with Crippen molar-refractivity contribution < 1.29 is 0 Å². The molecule has 2 aliphatic rings. The highest BCUT2D eigenvalue weighted by Gasteiger charge is 2.24. The lowest BCUT2D eigenvalue weighted by Crippen LogP contribution is -2.34. The molecule has 0 amide bonds. The molecule has 24 heavy (non-hydrogen) atoms. The van der Waals surface area contributed by atoms with Crippen LogP contribution in [0.4, 0.5) is 5.69 Å². The van der Waals surface area contributed by atoms with Crippen molar-refractivity contribution in [1.29, 1.82) is 0 Å². The van der Waals surface area contributed by atoms with E-state index < -0.39 is 0 Å². The third-order valence-electron chi connectivity index (χ3n) is 5.34. The van der Waals surface area contributed by atoms with E-state index in [0.29, 0.717) is 5.92 Å². The zero-order valence-electron chi connectivity index (χ0n) is 14.3. The van der Waals surface area contributed by atoms with Crippen molar-refractivity contribution in [2.45, 2.75) is 38.1 Å². The van der Waals surface area contributed by atoms with Gasteiger partial charge in [-0.1, -0.05) is 18.2 Å². The van der Waals surface area contributed by atoms with Crippen molar-refractivity contribution in [2.24, 2.45) is 0 Å². The molecule has 0 saturated carbocycles. The SMILES string of the molecule is c1ccc(N2CCCC2)c(CN2CCC[C@@H](c3cnccn3)C2)c1. The Balaban J connectivity index is 1.47. The maximum Gasteiger partial charge on any atom is 0.0630 e. The van der Waals surface area contributed by atoms with Crippen LogP contribution in [-0.4, -0.2) is 41.0 Å². The number of hydrogen-bond acceptors (Lipinski definition) is 4. The lowest BCUT2D eigenvalue weighted by atomic mass is 9.94. The topological polar surface area (TPSA) is 32.3 Å². The van der Waals surface area contributed by atoms with Crippen molar-refractivity contribution in [3.8, 4) is 0 Å². The third kappa shape index (κ3) is 3.44. The molecule has 0 radical (unpaired) electrons. The minimum absolute atomic E-state index is 0.520. The molecule has 0 unspecified atom stereocenters. The molecule has 0 aliphatic carbocycles. The zero-order chi connectivity index (χ0) is 16.2. The summed E-state index contributed by atoms with van der Waals surface area (Å²) in [6.07, 6.45) is 10.6. The molecule has 4 rings (SSSR count). The first-order valence-electron chi connectivity index (χ1n) is 9.21.